The van der Waals surface area contributed by atoms with E-state index < -0.39 is 17.5 Å². The van der Waals surface area contributed by atoms with Crippen LogP contribution in [0.5, 0.6) is 0 Å². The molecule has 1 fully saturated rings. The normalized spacial score (nSPS) is 17.7. The van der Waals surface area contributed by atoms with Gasteiger partial charge in [0.2, 0.25) is 0 Å². The molecule has 1 aliphatic carbocycles. The number of benzene rings is 2. The molecule has 0 saturated heterocycles. The maximum Gasteiger partial charge on any atom is 0.150 e. The second kappa shape index (κ2) is 10.3. The van der Waals surface area contributed by atoms with Gasteiger partial charge in [-0.15, -0.1) is 0 Å². The van der Waals surface area contributed by atoms with Crippen LogP contribution in [0.25, 0.3) is 0 Å². The van der Waals surface area contributed by atoms with Crippen molar-refractivity contribution >= 4 is 23.1 Å². The minimum absolute atomic E-state index is 0.0269. The molecule has 0 unspecified atom stereocenters. The van der Waals surface area contributed by atoms with E-state index in [0.717, 1.165) is 37.7 Å². The highest BCUT2D eigenvalue weighted by atomic mass is 32.1. The van der Waals surface area contributed by atoms with Crippen LogP contribution in [0.2, 0.25) is 0 Å². The first-order chi connectivity index (χ1) is 14.5. The number of rotatable bonds is 2. The molecule has 0 radical (unpaired) electrons. The molecule has 0 spiro atoms. The topological polar surface area (TPSA) is 12.4 Å². The van der Waals surface area contributed by atoms with E-state index >= 15 is 0 Å². The summed E-state index contributed by atoms with van der Waals surface area (Å²) in [4.78, 5) is 3.57. The number of halogens is 3. The van der Waals surface area contributed by atoms with Gasteiger partial charge in [0.25, 0.3) is 0 Å². The summed E-state index contributed by atoms with van der Waals surface area (Å²) in [5, 5.41) is 2.08. The van der Waals surface area contributed by atoms with Crippen LogP contribution in [-0.2, 0) is 0 Å². The molecule has 1 nitrogen and oxygen atoms in total. The van der Waals surface area contributed by atoms with Gasteiger partial charge < -0.3 is 0 Å². The lowest BCUT2D eigenvalue weighted by Gasteiger charge is -2.24. The summed E-state index contributed by atoms with van der Waals surface area (Å²) < 4.78 is 42.6. The molecule has 5 heteroatoms. The Balaban J connectivity index is 1.77. The van der Waals surface area contributed by atoms with Gasteiger partial charge in [0.1, 0.15) is 17.3 Å². The molecule has 30 heavy (non-hydrogen) atoms. The van der Waals surface area contributed by atoms with Crippen molar-refractivity contribution in [2.24, 2.45) is 16.8 Å². The molecular weight excluding hydrogens is 403 g/mol. The molecule has 0 heterocycles. The molecule has 0 bridgehead atoms. The van der Waals surface area contributed by atoms with Crippen molar-refractivity contribution in [3.05, 3.63) is 64.5 Å². The van der Waals surface area contributed by atoms with E-state index in [9.17, 15) is 13.2 Å². The molecule has 0 aliphatic heterocycles. The van der Waals surface area contributed by atoms with Gasteiger partial charge >= 0.3 is 0 Å². The molecule has 1 saturated carbocycles. The number of hydrogen-bond donors (Lipinski definition) is 0. The van der Waals surface area contributed by atoms with Gasteiger partial charge in [-0.25, -0.2) is 13.2 Å². The Morgan fingerprint density at radius 3 is 2.17 bits per heavy atom. The lowest BCUT2D eigenvalue weighted by Crippen LogP contribution is -2.12. The van der Waals surface area contributed by atoms with E-state index in [4.69, 9.17) is 0 Å². The van der Waals surface area contributed by atoms with Crippen LogP contribution < -0.4 is 0 Å². The van der Waals surface area contributed by atoms with Crippen molar-refractivity contribution in [2.45, 2.75) is 39.0 Å². The van der Waals surface area contributed by atoms with Crippen molar-refractivity contribution in [1.82, 2.24) is 0 Å². The van der Waals surface area contributed by atoms with E-state index in [0.29, 0.717) is 5.56 Å². The fourth-order valence-electron chi connectivity index (χ4n) is 3.52. The zero-order chi connectivity index (χ0) is 21.5. The molecule has 152 valence electrons. The third-order valence-corrected chi connectivity index (χ3v) is 5.42. The van der Waals surface area contributed by atoms with Crippen molar-refractivity contribution in [1.29, 1.82) is 0 Å². The summed E-state index contributed by atoms with van der Waals surface area (Å²) in [6.07, 6.45) is 5.58. The Morgan fingerprint density at radius 2 is 1.57 bits per heavy atom. The van der Waals surface area contributed by atoms with Crippen LogP contribution in [0.1, 0.15) is 55.7 Å². The summed E-state index contributed by atoms with van der Waals surface area (Å²) in [6, 6.07) is 6.37. The maximum absolute atomic E-state index is 14.4. The largest absolute Gasteiger partial charge is 0.205 e. The van der Waals surface area contributed by atoms with E-state index in [1.165, 1.54) is 30.7 Å². The summed E-state index contributed by atoms with van der Waals surface area (Å²) in [6.45, 7) is 2.20. The van der Waals surface area contributed by atoms with Crippen LogP contribution in [-0.4, -0.2) is 5.16 Å². The Bertz CT molecular complexity index is 1080. The van der Waals surface area contributed by atoms with Crippen molar-refractivity contribution in [3.8, 4) is 23.7 Å². The summed E-state index contributed by atoms with van der Waals surface area (Å²) >= 11 is 4.44. The minimum atomic E-state index is -0.788. The minimum Gasteiger partial charge on any atom is -0.205 e. The fourth-order valence-corrected chi connectivity index (χ4v) is 3.62. The maximum atomic E-state index is 14.4. The van der Waals surface area contributed by atoms with Gasteiger partial charge in [-0.05, 0) is 74.2 Å². The van der Waals surface area contributed by atoms with Gasteiger partial charge in [0, 0.05) is 17.0 Å². The molecule has 2 aromatic rings. The monoisotopic (exact) mass is 423 g/mol. The Hall–Kier alpha value is -2.85. The van der Waals surface area contributed by atoms with Crippen LogP contribution >= 0.6 is 12.2 Å². The van der Waals surface area contributed by atoms with Crippen LogP contribution in [0.3, 0.4) is 0 Å². The van der Waals surface area contributed by atoms with Gasteiger partial charge in [-0.1, -0.05) is 37.0 Å². The predicted molar refractivity (Wildman–Crippen MR) is 116 cm³/mol. The molecule has 0 atom stereocenters. The average molecular weight is 424 g/mol. The third-order valence-electron chi connectivity index (χ3n) is 5.33. The van der Waals surface area contributed by atoms with Gasteiger partial charge in [0.05, 0.1) is 10.7 Å². The first-order valence-electron chi connectivity index (χ1n) is 9.90. The second-order valence-corrected chi connectivity index (χ2v) is 7.51. The lowest BCUT2D eigenvalue weighted by atomic mass is 9.81. The Morgan fingerprint density at radius 1 is 0.900 bits per heavy atom. The summed E-state index contributed by atoms with van der Waals surface area (Å²) in [7, 11) is 0. The van der Waals surface area contributed by atoms with E-state index in [-0.39, 0.29) is 22.7 Å². The van der Waals surface area contributed by atoms with Gasteiger partial charge in [-0.3, -0.25) is 0 Å². The van der Waals surface area contributed by atoms with E-state index in [1.54, 1.807) is 0 Å². The van der Waals surface area contributed by atoms with E-state index in [2.05, 4.69) is 53.0 Å². The standard InChI is InChI=1S/C25H20F3NS/c1-2-17-3-5-18(6-4-17)7-8-20-14-22(26)21(23(27)15-20)11-9-19-10-12-25(29-16-30)24(28)13-19/h10,12-15,17-18H,2-6H2,1H3. The molecule has 3 rings (SSSR count). The van der Waals surface area contributed by atoms with Gasteiger partial charge in [-0.2, -0.15) is 4.99 Å². The van der Waals surface area contributed by atoms with Crippen LogP contribution in [0, 0.1) is 53.0 Å². The number of hydrogen-bond acceptors (Lipinski definition) is 2. The Labute approximate surface area is 180 Å². The quantitative estimate of drug-likeness (QED) is 0.294. The number of aliphatic imine (C=N–C) groups is 1. The van der Waals surface area contributed by atoms with Crippen LogP contribution in [0.15, 0.2) is 35.3 Å². The molecule has 2 aromatic carbocycles. The highest BCUT2D eigenvalue weighted by molar-refractivity contribution is 7.78. The first kappa shape index (κ1) is 21.8. The van der Waals surface area contributed by atoms with Crippen molar-refractivity contribution in [2.75, 3.05) is 0 Å². The molecule has 1 aliphatic rings. The first-order valence-corrected chi connectivity index (χ1v) is 10.3. The smallest absolute Gasteiger partial charge is 0.150 e. The average Bonchev–Trinajstić information content (AvgIpc) is 2.74. The van der Waals surface area contributed by atoms with E-state index in [1.807, 2.05) is 0 Å². The third kappa shape index (κ3) is 5.61. The molecule has 0 aromatic heterocycles. The Kier molecular flexibility index (Phi) is 7.47. The van der Waals surface area contributed by atoms with Crippen molar-refractivity contribution in [3.63, 3.8) is 0 Å². The zero-order valence-corrected chi connectivity index (χ0v) is 17.4. The predicted octanol–water partition coefficient (Wildman–Crippen LogP) is 6.81. The fraction of sp³-hybridized carbons (Fsp3) is 0.320. The highest BCUT2D eigenvalue weighted by Crippen LogP contribution is 2.30. The molecular formula is C25H20F3NS. The molecule has 0 amide bonds. The second-order valence-electron chi connectivity index (χ2n) is 7.33. The highest BCUT2D eigenvalue weighted by Gasteiger charge is 2.18. The van der Waals surface area contributed by atoms with Crippen molar-refractivity contribution < 1.29 is 13.2 Å². The SMILES string of the molecule is CCC1CCC(C#Cc2cc(F)c(C#Cc3ccc(N=C=S)c(F)c3)c(F)c2)CC1. The van der Waals surface area contributed by atoms with Gasteiger partial charge in [0.15, 0.2) is 5.82 Å². The summed E-state index contributed by atoms with van der Waals surface area (Å²) in [5.74, 6) is 9.90. The number of thiocarbonyl (C=S) groups is 1. The van der Waals surface area contributed by atoms with Crippen LogP contribution in [0.4, 0.5) is 18.9 Å². The number of isothiocyanates is 1. The lowest BCUT2D eigenvalue weighted by molar-refractivity contribution is 0.309. The zero-order valence-electron chi connectivity index (χ0n) is 16.6. The molecule has 0 N–H and O–H groups in total. The summed E-state index contributed by atoms with van der Waals surface area (Å²) in [5.41, 5.74) is 0.215. The number of nitrogens with zero attached hydrogens (tertiary/aromatic N) is 1.